The fraction of sp³-hybridized carbons (Fsp3) is 0.531. The number of rotatable bonds is 18. The van der Waals surface area contributed by atoms with Crippen molar-refractivity contribution in [3.63, 3.8) is 0 Å². The summed E-state index contributed by atoms with van der Waals surface area (Å²) in [5.74, 6) is 0.750. The highest BCUT2D eigenvalue weighted by atomic mass is 28.4. The summed E-state index contributed by atoms with van der Waals surface area (Å²) in [4.78, 5) is 12.6. The van der Waals surface area contributed by atoms with Crippen LogP contribution in [0.2, 0.25) is 12.6 Å². The van der Waals surface area contributed by atoms with E-state index in [2.05, 4.69) is 25.6 Å². The molecular formula is C32H46O5Si. The maximum atomic E-state index is 12.6. The van der Waals surface area contributed by atoms with Gasteiger partial charge in [-0.2, -0.15) is 0 Å². The molecule has 0 saturated heterocycles. The Morgan fingerprint density at radius 2 is 1.37 bits per heavy atom. The van der Waals surface area contributed by atoms with Crippen molar-refractivity contribution in [2.45, 2.75) is 90.1 Å². The second-order valence-electron chi connectivity index (χ2n) is 10.4. The summed E-state index contributed by atoms with van der Waals surface area (Å²) in [5, 5.41) is 0.900. The first-order chi connectivity index (χ1) is 18.5. The Hall–Kier alpha value is -2.41. The smallest absolute Gasteiger partial charge is 0.344 e. The average Bonchev–Trinajstić information content (AvgIpc) is 2.95. The van der Waals surface area contributed by atoms with E-state index in [1.807, 2.05) is 36.4 Å². The summed E-state index contributed by atoms with van der Waals surface area (Å²) in [6.07, 6.45) is 13.5. The molecule has 208 valence electrons. The maximum Gasteiger partial charge on any atom is 0.344 e. The number of unbranched alkanes of at least 4 members (excludes halogenated alkanes) is 9. The quantitative estimate of drug-likeness (QED) is 0.0921. The van der Waals surface area contributed by atoms with Crippen LogP contribution in [0.5, 0.6) is 5.75 Å². The van der Waals surface area contributed by atoms with E-state index in [1.54, 1.807) is 14.2 Å². The zero-order valence-electron chi connectivity index (χ0n) is 23.9. The van der Waals surface area contributed by atoms with Crippen molar-refractivity contribution >= 4 is 19.5 Å². The molecule has 5 nitrogen and oxygen atoms in total. The third-order valence-corrected chi connectivity index (χ3v) is 10.5. The fourth-order valence-corrected chi connectivity index (χ4v) is 6.21. The first kappa shape index (κ1) is 30.1. The van der Waals surface area contributed by atoms with Gasteiger partial charge in [0, 0.05) is 25.7 Å². The molecule has 1 aromatic heterocycles. The van der Waals surface area contributed by atoms with Gasteiger partial charge in [-0.3, -0.25) is 0 Å². The van der Waals surface area contributed by atoms with Crippen LogP contribution >= 0.6 is 0 Å². The van der Waals surface area contributed by atoms with Crippen LogP contribution in [-0.2, 0) is 15.3 Å². The number of hydrogen-bond acceptors (Lipinski definition) is 5. The maximum absolute atomic E-state index is 12.6. The van der Waals surface area contributed by atoms with Gasteiger partial charge in [0.15, 0.2) is 0 Å². The minimum Gasteiger partial charge on any atom is -0.493 e. The molecule has 0 spiro atoms. The van der Waals surface area contributed by atoms with Crippen LogP contribution in [0.25, 0.3) is 22.1 Å². The second kappa shape index (κ2) is 15.9. The number of aryl methyl sites for hydroxylation is 1. The molecule has 0 aliphatic carbocycles. The third-order valence-electron chi connectivity index (χ3n) is 7.54. The Kier molecular flexibility index (Phi) is 12.6. The van der Waals surface area contributed by atoms with Crippen molar-refractivity contribution in [2.75, 3.05) is 20.8 Å². The van der Waals surface area contributed by atoms with E-state index in [-0.39, 0.29) is 5.63 Å². The lowest BCUT2D eigenvalue weighted by atomic mass is 10.0. The molecule has 1 heterocycles. The Morgan fingerprint density at radius 1 is 0.763 bits per heavy atom. The molecule has 2 aromatic carbocycles. The highest BCUT2D eigenvalue weighted by molar-refractivity contribution is 6.65. The number of ether oxygens (including phenoxy) is 1. The summed E-state index contributed by atoms with van der Waals surface area (Å²) < 4.78 is 22.7. The first-order valence-corrected chi connectivity index (χ1v) is 16.9. The molecule has 3 aromatic rings. The van der Waals surface area contributed by atoms with Crippen LogP contribution in [0.15, 0.2) is 57.7 Å². The molecule has 6 heteroatoms. The van der Waals surface area contributed by atoms with E-state index < -0.39 is 8.56 Å². The minimum absolute atomic E-state index is 0.319. The normalized spacial score (nSPS) is 11.8. The van der Waals surface area contributed by atoms with Gasteiger partial charge in [-0.15, -0.1) is 0 Å². The highest BCUT2D eigenvalue weighted by Gasteiger charge is 2.27. The Morgan fingerprint density at radius 3 is 1.97 bits per heavy atom. The lowest BCUT2D eigenvalue weighted by molar-refractivity contribution is 0.248. The Bertz CT molecular complexity index is 1150. The summed E-state index contributed by atoms with van der Waals surface area (Å²) in [7, 11) is 1.67. The number of benzene rings is 2. The predicted octanol–water partition coefficient (Wildman–Crippen LogP) is 8.67. The SMILES string of the molecule is CCc1ccc(-c2cc3ccc(OCCCCCCCCCCCC[Si](C)(OC)OC)cc3oc2=O)cc1. The topological polar surface area (TPSA) is 57.9 Å². The molecule has 38 heavy (non-hydrogen) atoms. The van der Waals surface area contributed by atoms with Crippen molar-refractivity contribution in [1.82, 2.24) is 0 Å². The van der Waals surface area contributed by atoms with Crippen LogP contribution in [0.1, 0.15) is 76.7 Å². The molecule has 0 unspecified atom stereocenters. The van der Waals surface area contributed by atoms with Crippen molar-refractivity contribution in [3.05, 3.63) is 64.5 Å². The summed E-state index contributed by atoms with van der Waals surface area (Å²) in [6.45, 7) is 4.94. The van der Waals surface area contributed by atoms with Gasteiger partial charge in [-0.25, -0.2) is 4.79 Å². The van der Waals surface area contributed by atoms with Gasteiger partial charge in [-0.1, -0.05) is 89.0 Å². The third kappa shape index (κ3) is 9.40. The van der Waals surface area contributed by atoms with E-state index in [9.17, 15) is 4.79 Å². The molecule has 0 aliphatic heterocycles. The van der Waals surface area contributed by atoms with E-state index in [4.69, 9.17) is 18.0 Å². The van der Waals surface area contributed by atoms with Crippen LogP contribution < -0.4 is 10.4 Å². The average molecular weight is 539 g/mol. The summed E-state index contributed by atoms with van der Waals surface area (Å²) in [5.41, 5.74) is 2.97. The molecule has 0 radical (unpaired) electrons. The van der Waals surface area contributed by atoms with E-state index in [0.717, 1.165) is 35.6 Å². The lowest BCUT2D eigenvalue weighted by Gasteiger charge is -2.22. The monoisotopic (exact) mass is 538 g/mol. The van der Waals surface area contributed by atoms with Gasteiger partial charge >= 0.3 is 14.2 Å². The molecule has 0 fully saturated rings. The van der Waals surface area contributed by atoms with E-state index in [0.29, 0.717) is 17.8 Å². The standard InChI is InChI=1S/C32H46O5Si/c1-5-26-16-18-27(19-17-26)30-24-28-20-21-29(25-31(28)37-32(30)33)36-22-14-12-10-8-6-7-9-11-13-15-23-38(4,34-2)35-3/h16-21,24-25H,5-15,22-23H2,1-4H3. The van der Waals surface area contributed by atoms with Gasteiger partial charge in [0.25, 0.3) is 0 Å². The predicted molar refractivity (Wildman–Crippen MR) is 159 cm³/mol. The summed E-state index contributed by atoms with van der Waals surface area (Å²) in [6, 6.07) is 16.8. The first-order valence-electron chi connectivity index (χ1n) is 14.4. The van der Waals surface area contributed by atoms with Crippen molar-refractivity contribution in [2.24, 2.45) is 0 Å². The Labute approximate surface area is 229 Å². The van der Waals surface area contributed by atoms with Crippen LogP contribution in [0.3, 0.4) is 0 Å². The Balaban J connectivity index is 1.29. The van der Waals surface area contributed by atoms with Crippen LogP contribution in [0.4, 0.5) is 0 Å². The zero-order valence-corrected chi connectivity index (χ0v) is 24.9. The van der Waals surface area contributed by atoms with Gasteiger partial charge < -0.3 is 18.0 Å². The minimum atomic E-state index is -1.88. The van der Waals surface area contributed by atoms with Crippen molar-refractivity contribution in [1.29, 1.82) is 0 Å². The molecule has 0 atom stereocenters. The van der Waals surface area contributed by atoms with E-state index in [1.165, 1.54) is 63.4 Å². The molecule has 3 rings (SSSR count). The van der Waals surface area contributed by atoms with E-state index >= 15 is 0 Å². The molecule has 0 amide bonds. The van der Waals surface area contributed by atoms with Crippen molar-refractivity contribution < 1.29 is 18.0 Å². The molecule has 0 aliphatic rings. The van der Waals surface area contributed by atoms with Gasteiger partial charge in [0.2, 0.25) is 0 Å². The molecule has 0 bridgehead atoms. The van der Waals surface area contributed by atoms with Gasteiger partial charge in [0.05, 0.1) is 12.2 Å². The van der Waals surface area contributed by atoms with Crippen molar-refractivity contribution in [3.8, 4) is 16.9 Å². The van der Waals surface area contributed by atoms with Crippen LogP contribution in [0, 0.1) is 0 Å². The molecule has 0 N–H and O–H groups in total. The number of fused-ring (bicyclic) bond motifs is 1. The van der Waals surface area contributed by atoms with Gasteiger partial charge in [-0.05, 0) is 54.8 Å². The highest BCUT2D eigenvalue weighted by Crippen LogP contribution is 2.25. The second-order valence-corrected chi connectivity index (χ2v) is 14.0. The molecular weight excluding hydrogens is 492 g/mol. The van der Waals surface area contributed by atoms with Gasteiger partial charge in [0.1, 0.15) is 11.3 Å². The fourth-order valence-electron chi connectivity index (χ4n) is 4.74. The lowest BCUT2D eigenvalue weighted by Crippen LogP contribution is -2.35. The molecule has 0 saturated carbocycles. The number of hydrogen-bond donors (Lipinski definition) is 0. The summed E-state index contributed by atoms with van der Waals surface area (Å²) >= 11 is 0. The zero-order chi connectivity index (χ0) is 27.2. The largest absolute Gasteiger partial charge is 0.493 e. The van der Waals surface area contributed by atoms with Crippen LogP contribution in [-0.4, -0.2) is 29.4 Å².